The van der Waals surface area contributed by atoms with Crippen LogP contribution >= 0.6 is 11.5 Å². The van der Waals surface area contributed by atoms with Crippen LogP contribution in [0.5, 0.6) is 16.7 Å². The molecule has 9 heteroatoms. The van der Waals surface area contributed by atoms with Crippen LogP contribution in [0.3, 0.4) is 0 Å². The highest BCUT2D eigenvalue weighted by atomic mass is 32.1. The molecule has 184 valence electrons. The van der Waals surface area contributed by atoms with Crippen LogP contribution in [0, 0.1) is 12.8 Å². The van der Waals surface area contributed by atoms with E-state index in [1.165, 1.54) is 11.5 Å². The zero-order valence-electron chi connectivity index (χ0n) is 20.2. The lowest BCUT2D eigenvalue weighted by molar-refractivity contribution is -0.149. The fourth-order valence-corrected chi connectivity index (χ4v) is 4.61. The molecular weight excluding hydrogens is 466 g/mol. The fraction of sp³-hybridized carbons (Fsp3) is 0.385. The standard InChI is InChI=1S/C26H29N3O5S/c1-4-33-25(31)20-8-6-12-29(16-20)24(30)19-11-10-17(2)22(15-19)34-26-27-23(28-35-26)14-18-7-5-9-21(13-18)32-3/h5,7,9-11,13,15,20H,4,6,8,12,14,16H2,1-3H3. The zero-order valence-corrected chi connectivity index (χ0v) is 21.0. The van der Waals surface area contributed by atoms with Crippen molar-refractivity contribution in [2.75, 3.05) is 26.8 Å². The van der Waals surface area contributed by atoms with E-state index in [0.717, 1.165) is 29.7 Å². The Balaban J connectivity index is 1.44. The molecule has 0 N–H and O–H groups in total. The van der Waals surface area contributed by atoms with Crippen molar-refractivity contribution in [3.63, 3.8) is 0 Å². The van der Waals surface area contributed by atoms with Crippen LogP contribution in [0.1, 0.15) is 47.1 Å². The maximum Gasteiger partial charge on any atom is 0.310 e. The first kappa shape index (κ1) is 24.7. The van der Waals surface area contributed by atoms with Gasteiger partial charge in [0.1, 0.15) is 11.5 Å². The molecule has 1 unspecified atom stereocenters. The van der Waals surface area contributed by atoms with Crippen molar-refractivity contribution < 1.29 is 23.8 Å². The zero-order chi connectivity index (χ0) is 24.8. The van der Waals surface area contributed by atoms with Crippen molar-refractivity contribution in [1.82, 2.24) is 14.3 Å². The Morgan fingerprint density at radius 1 is 1.20 bits per heavy atom. The Hall–Kier alpha value is -3.46. The number of esters is 1. The van der Waals surface area contributed by atoms with E-state index in [2.05, 4.69) is 9.36 Å². The molecule has 4 rings (SSSR count). The SMILES string of the molecule is CCOC(=O)C1CCCN(C(=O)c2ccc(C)c(Oc3nc(Cc4cccc(OC)c4)ns3)c2)C1. The Kier molecular flexibility index (Phi) is 7.97. The second-order valence-corrected chi connectivity index (χ2v) is 9.14. The van der Waals surface area contributed by atoms with Gasteiger partial charge in [0, 0.05) is 36.6 Å². The molecule has 1 aromatic heterocycles. The Labute approximate surface area is 209 Å². The van der Waals surface area contributed by atoms with E-state index < -0.39 is 0 Å². The van der Waals surface area contributed by atoms with Gasteiger partial charge >= 0.3 is 5.97 Å². The third kappa shape index (κ3) is 6.16. The maximum absolute atomic E-state index is 13.2. The number of hydrogen-bond donors (Lipinski definition) is 0. The van der Waals surface area contributed by atoms with Crippen LogP contribution < -0.4 is 9.47 Å². The molecule has 3 aromatic rings. The van der Waals surface area contributed by atoms with E-state index in [1.807, 2.05) is 37.3 Å². The monoisotopic (exact) mass is 495 g/mol. The molecule has 0 radical (unpaired) electrons. The van der Waals surface area contributed by atoms with Crippen molar-refractivity contribution in [1.29, 1.82) is 0 Å². The summed E-state index contributed by atoms with van der Waals surface area (Å²) in [6.07, 6.45) is 2.07. The number of rotatable bonds is 8. The van der Waals surface area contributed by atoms with Gasteiger partial charge in [0.05, 0.1) is 19.6 Å². The molecule has 1 fully saturated rings. The average molecular weight is 496 g/mol. The molecule has 35 heavy (non-hydrogen) atoms. The van der Waals surface area contributed by atoms with Crippen LogP contribution in [-0.4, -0.2) is 52.9 Å². The Morgan fingerprint density at radius 3 is 2.86 bits per heavy atom. The van der Waals surface area contributed by atoms with E-state index in [-0.39, 0.29) is 17.8 Å². The van der Waals surface area contributed by atoms with Crippen LogP contribution in [0.15, 0.2) is 42.5 Å². The summed E-state index contributed by atoms with van der Waals surface area (Å²) < 4.78 is 20.9. The second-order valence-electron chi connectivity index (χ2n) is 8.43. The first-order valence-electron chi connectivity index (χ1n) is 11.7. The third-order valence-electron chi connectivity index (χ3n) is 5.91. The molecule has 2 aromatic carbocycles. The first-order chi connectivity index (χ1) is 17.0. The lowest BCUT2D eigenvalue weighted by Gasteiger charge is -2.31. The molecule has 8 nitrogen and oxygen atoms in total. The van der Waals surface area contributed by atoms with Gasteiger partial charge in [-0.25, -0.2) is 0 Å². The summed E-state index contributed by atoms with van der Waals surface area (Å²) in [6, 6.07) is 13.1. The number of aryl methyl sites for hydroxylation is 1. The van der Waals surface area contributed by atoms with E-state index in [1.54, 1.807) is 31.1 Å². The number of carbonyl (C=O) groups excluding carboxylic acids is 2. The van der Waals surface area contributed by atoms with Gasteiger partial charge in [-0.2, -0.15) is 9.36 Å². The quantitative estimate of drug-likeness (QED) is 0.420. The number of ether oxygens (including phenoxy) is 3. The van der Waals surface area contributed by atoms with Gasteiger partial charge in [-0.15, -0.1) is 0 Å². The van der Waals surface area contributed by atoms with Crippen molar-refractivity contribution >= 4 is 23.4 Å². The maximum atomic E-state index is 13.2. The van der Waals surface area contributed by atoms with Crippen LogP contribution in [0.25, 0.3) is 0 Å². The number of amides is 1. The topological polar surface area (TPSA) is 90.9 Å². The predicted molar refractivity (Wildman–Crippen MR) is 132 cm³/mol. The van der Waals surface area contributed by atoms with E-state index in [0.29, 0.717) is 48.4 Å². The molecule has 1 aliphatic heterocycles. The number of carbonyl (C=O) groups is 2. The highest BCUT2D eigenvalue weighted by molar-refractivity contribution is 7.07. The largest absolute Gasteiger partial charge is 0.497 e. The van der Waals surface area contributed by atoms with Crippen molar-refractivity contribution in [3.05, 3.63) is 65.0 Å². The molecule has 1 aliphatic rings. The molecule has 0 bridgehead atoms. The summed E-state index contributed by atoms with van der Waals surface area (Å²) in [5.41, 5.74) is 2.44. The minimum Gasteiger partial charge on any atom is -0.497 e. The van der Waals surface area contributed by atoms with E-state index >= 15 is 0 Å². The van der Waals surface area contributed by atoms with Gasteiger partial charge in [-0.1, -0.05) is 18.2 Å². The van der Waals surface area contributed by atoms with Gasteiger partial charge in [-0.3, -0.25) is 9.59 Å². The number of aromatic nitrogens is 2. The minimum atomic E-state index is -0.279. The minimum absolute atomic E-state index is 0.125. The molecular formula is C26H29N3O5S. The molecule has 2 heterocycles. The molecule has 1 atom stereocenters. The van der Waals surface area contributed by atoms with Crippen molar-refractivity contribution in [3.8, 4) is 16.7 Å². The number of benzene rings is 2. The second kappa shape index (κ2) is 11.3. The summed E-state index contributed by atoms with van der Waals surface area (Å²) in [6.45, 7) is 5.03. The molecule has 0 aliphatic carbocycles. The van der Waals surface area contributed by atoms with Gasteiger partial charge in [0.15, 0.2) is 5.82 Å². The predicted octanol–water partition coefficient (Wildman–Crippen LogP) is 4.65. The number of piperidine rings is 1. The number of likely N-dealkylation sites (tertiary alicyclic amines) is 1. The Morgan fingerprint density at radius 2 is 2.06 bits per heavy atom. The average Bonchev–Trinajstić information content (AvgIpc) is 3.31. The Bertz CT molecular complexity index is 1200. The number of methoxy groups -OCH3 is 1. The van der Waals surface area contributed by atoms with Crippen LogP contribution in [0.4, 0.5) is 0 Å². The van der Waals surface area contributed by atoms with Crippen molar-refractivity contribution in [2.24, 2.45) is 5.92 Å². The van der Waals surface area contributed by atoms with Crippen molar-refractivity contribution in [2.45, 2.75) is 33.1 Å². The fourth-order valence-electron chi connectivity index (χ4n) is 4.05. The summed E-state index contributed by atoms with van der Waals surface area (Å²) >= 11 is 1.17. The normalized spacial score (nSPS) is 15.5. The smallest absolute Gasteiger partial charge is 0.310 e. The summed E-state index contributed by atoms with van der Waals surface area (Å²) in [5.74, 6) is 1.35. The van der Waals surface area contributed by atoms with Gasteiger partial charge in [0.25, 0.3) is 11.1 Å². The van der Waals surface area contributed by atoms with Crippen LogP contribution in [-0.2, 0) is 16.0 Å². The van der Waals surface area contributed by atoms with E-state index in [9.17, 15) is 9.59 Å². The molecule has 0 saturated carbocycles. The highest BCUT2D eigenvalue weighted by Gasteiger charge is 2.30. The van der Waals surface area contributed by atoms with Gasteiger partial charge in [-0.05, 0) is 62.1 Å². The first-order valence-corrected chi connectivity index (χ1v) is 12.4. The highest BCUT2D eigenvalue weighted by Crippen LogP contribution is 2.29. The summed E-state index contributed by atoms with van der Waals surface area (Å²) in [5, 5.41) is 0.413. The lowest BCUT2D eigenvalue weighted by atomic mass is 9.97. The van der Waals surface area contributed by atoms with Gasteiger partial charge < -0.3 is 19.1 Å². The number of nitrogens with zero attached hydrogens (tertiary/aromatic N) is 3. The van der Waals surface area contributed by atoms with E-state index in [4.69, 9.17) is 14.2 Å². The third-order valence-corrected chi connectivity index (χ3v) is 6.54. The molecule has 1 amide bonds. The molecule has 0 spiro atoms. The lowest BCUT2D eigenvalue weighted by Crippen LogP contribution is -2.42. The summed E-state index contributed by atoms with van der Waals surface area (Å²) in [7, 11) is 1.64. The summed E-state index contributed by atoms with van der Waals surface area (Å²) in [4.78, 5) is 31.6. The molecule has 1 saturated heterocycles. The number of hydrogen-bond acceptors (Lipinski definition) is 8. The van der Waals surface area contributed by atoms with Gasteiger partial charge in [0.2, 0.25) is 0 Å². The van der Waals surface area contributed by atoms with Crippen LogP contribution in [0.2, 0.25) is 0 Å².